The van der Waals surface area contributed by atoms with Gasteiger partial charge in [0.25, 0.3) is 5.91 Å². The normalized spacial score (nSPS) is 10.6. The number of hydrogen-bond donors (Lipinski definition) is 1. The maximum absolute atomic E-state index is 13.0. The number of hydrogen-bond acceptors (Lipinski definition) is 2. The Morgan fingerprint density at radius 2 is 2.25 bits per heavy atom. The smallest absolute Gasteiger partial charge is 0.273 e. The zero-order valence-corrected chi connectivity index (χ0v) is 9.84. The molecule has 0 aromatic heterocycles. The van der Waals surface area contributed by atoms with Gasteiger partial charge in [-0.1, -0.05) is 25.4 Å². The number of amides is 1. The van der Waals surface area contributed by atoms with E-state index < -0.39 is 11.7 Å². The predicted octanol–water partition coefficient (Wildman–Crippen LogP) is 2.80. The monoisotopic (exact) mass is 245 g/mol. The summed E-state index contributed by atoms with van der Waals surface area (Å²) >= 11 is 5.49. The summed E-state index contributed by atoms with van der Waals surface area (Å²) < 4.78 is 13.0. The fraction of sp³-hybridized carbons (Fsp3) is 0.364. The molecule has 1 aromatic rings. The molecular formula is C11H13ClFNO2. The molecular weight excluding hydrogens is 233 g/mol. The quantitative estimate of drug-likeness (QED) is 0.829. The summed E-state index contributed by atoms with van der Waals surface area (Å²) in [6.45, 7) is 4.31. The summed E-state index contributed by atoms with van der Waals surface area (Å²) in [7, 11) is 0. The van der Waals surface area contributed by atoms with Crippen LogP contribution in [0, 0.1) is 11.7 Å². The van der Waals surface area contributed by atoms with Crippen LogP contribution >= 0.6 is 11.6 Å². The summed E-state index contributed by atoms with van der Waals surface area (Å²) in [6, 6.07) is 3.82. The number of benzene rings is 1. The van der Waals surface area contributed by atoms with E-state index in [1.807, 2.05) is 13.8 Å². The highest BCUT2D eigenvalue weighted by atomic mass is 35.5. The van der Waals surface area contributed by atoms with E-state index in [0.29, 0.717) is 12.5 Å². The van der Waals surface area contributed by atoms with Crippen LogP contribution in [0.25, 0.3) is 0 Å². The topological polar surface area (TPSA) is 38.3 Å². The van der Waals surface area contributed by atoms with Gasteiger partial charge < -0.3 is 0 Å². The number of nitrogens with one attached hydrogen (secondary N) is 1. The highest BCUT2D eigenvalue weighted by Gasteiger charge is 2.08. The number of hydroxylamine groups is 1. The van der Waals surface area contributed by atoms with Gasteiger partial charge in [-0.05, 0) is 24.1 Å². The fourth-order valence-electron chi connectivity index (χ4n) is 0.970. The second kappa shape index (κ2) is 5.82. The van der Waals surface area contributed by atoms with Gasteiger partial charge in [0.05, 0.1) is 11.6 Å². The number of halogens is 2. The van der Waals surface area contributed by atoms with E-state index in [4.69, 9.17) is 16.4 Å². The number of carbonyl (C=O) groups is 1. The van der Waals surface area contributed by atoms with Crippen molar-refractivity contribution in [1.82, 2.24) is 5.48 Å². The predicted molar refractivity (Wildman–Crippen MR) is 59.7 cm³/mol. The van der Waals surface area contributed by atoms with Crippen LogP contribution in [0.1, 0.15) is 24.2 Å². The van der Waals surface area contributed by atoms with E-state index in [1.54, 1.807) is 0 Å². The molecule has 0 unspecified atom stereocenters. The van der Waals surface area contributed by atoms with E-state index in [-0.39, 0.29) is 10.6 Å². The minimum atomic E-state index is -0.627. The Labute approximate surface area is 98.5 Å². The van der Waals surface area contributed by atoms with Crippen LogP contribution in [0.15, 0.2) is 18.2 Å². The molecule has 0 aliphatic heterocycles. The summed E-state index contributed by atoms with van der Waals surface area (Å²) in [4.78, 5) is 16.4. The van der Waals surface area contributed by atoms with E-state index in [0.717, 1.165) is 6.07 Å². The molecule has 0 aliphatic rings. The van der Waals surface area contributed by atoms with Crippen molar-refractivity contribution in [3.8, 4) is 0 Å². The number of carbonyl (C=O) groups excluding carboxylic acids is 1. The molecule has 0 spiro atoms. The lowest BCUT2D eigenvalue weighted by Gasteiger charge is -2.07. The lowest BCUT2D eigenvalue weighted by molar-refractivity contribution is 0.0208. The Balaban J connectivity index is 2.56. The molecule has 88 valence electrons. The van der Waals surface area contributed by atoms with Gasteiger partial charge in [-0.3, -0.25) is 9.63 Å². The van der Waals surface area contributed by atoms with Gasteiger partial charge in [-0.2, -0.15) is 0 Å². The molecule has 0 saturated heterocycles. The summed E-state index contributed by atoms with van der Waals surface area (Å²) in [6.07, 6.45) is 0. The van der Waals surface area contributed by atoms with Crippen molar-refractivity contribution in [3.05, 3.63) is 34.6 Å². The minimum absolute atomic E-state index is 0.0142. The second-order valence-corrected chi connectivity index (χ2v) is 4.17. The van der Waals surface area contributed by atoms with Gasteiger partial charge in [-0.15, -0.1) is 0 Å². The zero-order chi connectivity index (χ0) is 12.1. The van der Waals surface area contributed by atoms with Crippen LogP contribution in [-0.2, 0) is 4.84 Å². The van der Waals surface area contributed by atoms with Gasteiger partial charge in [0.1, 0.15) is 5.82 Å². The minimum Gasteiger partial charge on any atom is -0.273 e. The maximum Gasteiger partial charge on any atom is 0.274 e. The Morgan fingerprint density at radius 1 is 1.56 bits per heavy atom. The molecule has 0 saturated carbocycles. The first-order chi connectivity index (χ1) is 7.50. The van der Waals surface area contributed by atoms with Crippen LogP contribution < -0.4 is 5.48 Å². The van der Waals surface area contributed by atoms with Crippen LogP contribution in [-0.4, -0.2) is 12.5 Å². The van der Waals surface area contributed by atoms with Crippen molar-refractivity contribution >= 4 is 17.5 Å². The first-order valence-corrected chi connectivity index (χ1v) is 5.25. The average molecular weight is 246 g/mol. The Bertz CT molecular complexity index is 382. The van der Waals surface area contributed by atoms with E-state index in [1.165, 1.54) is 12.1 Å². The van der Waals surface area contributed by atoms with Gasteiger partial charge >= 0.3 is 0 Å². The molecule has 1 aromatic carbocycles. The summed E-state index contributed by atoms with van der Waals surface area (Å²) in [5, 5.41) is -0.0142. The van der Waals surface area contributed by atoms with Crippen LogP contribution in [0.5, 0.6) is 0 Å². The second-order valence-electron chi connectivity index (χ2n) is 3.76. The lowest BCUT2D eigenvalue weighted by atomic mass is 10.2. The summed E-state index contributed by atoms with van der Waals surface area (Å²) in [5.41, 5.74) is 2.40. The highest BCUT2D eigenvalue weighted by molar-refractivity contribution is 6.30. The standard InChI is InChI=1S/C11H13ClFNO2/c1-7(2)6-16-14-11(15)8-3-4-9(12)10(13)5-8/h3-5,7H,6H2,1-2H3,(H,14,15). The Morgan fingerprint density at radius 3 is 2.81 bits per heavy atom. The van der Waals surface area contributed by atoms with Crippen LogP contribution in [0.4, 0.5) is 4.39 Å². The van der Waals surface area contributed by atoms with Crippen molar-refractivity contribution in [2.75, 3.05) is 6.61 Å². The first kappa shape index (κ1) is 12.9. The van der Waals surface area contributed by atoms with Gasteiger partial charge in [-0.25, -0.2) is 9.87 Å². The zero-order valence-electron chi connectivity index (χ0n) is 9.09. The Hall–Kier alpha value is -1.13. The molecule has 1 rings (SSSR count). The number of rotatable bonds is 4. The SMILES string of the molecule is CC(C)CONC(=O)c1ccc(Cl)c(F)c1. The van der Waals surface area contributed by atoms with E-state index in [9.17, 15) is 9.18 Å². The molecule has 3 nitrogen and oxygen atoms in total. The molecule has 5 heteroatoms. The average Bonchev–Trinajstić information content (AvgIpc) is 2.21. The fourth-order valence-corrected chi connectivity index (χ4v) is 1.09. The molecule has 0 radical (unpaired) electrons. The molecule has 1 amide bonds. The van der Waals surface area contributed by atoms with Crippen molar-refractivity contribution in [1.29, 1.82) is 0 Å². The van der Waals surface area contributed by atoms with Crippen molar-refractivity contribution in [2.24, 2.45) is 5.92 Å². The van der Waals surface area contributed by atoms with E-state index in [2.05, 4.69) is 5.48 Å². The molecule has 1 N–H and O–H groups in total. The molecule has 0 atom stereocenters. The molecule has 0 heterocycles. The third-order valence-electron chi connectivity index (χ3n) is 1.76. The van der Waals surface area contributed by atoms with Gasteiger partial charge in [0, 0.05) is 5.56 Å². The highest BCUT2D eigenvalue weighted by Crippen LogP contribution is 2.15. The molecule has 16 heavy (non-hydrogen) atoms. The maximum atomic E-state index is 13.0. The molecule has 0 aliphatic carbocycles. The van der Waals surface area contributed by atoms with Crippen LogP contribution in [0.3, 0.4) is 0 Å². The first-order valence-electron chi connectivity index (χ1n) is 4.88. The van der Waals surface area contributed by atoms with Crippen LogP contribution in [0.2, 0.25) is 5.02 Å². The van der Waals surface area contributed by atoms with E-state index >= 15 is 0 Å². The Kier molecular flexibility index (Phi) is 4.71. The lowest BCUT2D eigenvalue weighted by Crippen LogP contribution is -2.25. The largest absolute Gasteiger partial charge is 0.274 e. The molecule has 0 bridgehead atoms. The van der Waals surface area contributed by atoms with Gasteiger partial charge in [0.15, 0.2) is 0 Å². The van der Waals surface area contributed by atoms with Crippen molar-refractivity contribution in [3.63, 3.8) is 0 Å². The van der Waals surface area contributed by atoms with Crippen molar-refractivity contribution in [2.45, 2.75) is 13.8 Å². The summed E-state index contributed by atoms with van der Waals surface area (Å²) in [5.74, 6) is -0.809. The third kappa shape index (κ3) is 3.79. The molecule has 0 fully saturated rings. The van der Waals surface area contributed by atoms with Gasteiger partial charge in [0.2, 0.25) is 0 Å². The van der Waals surface area contributed by atoms with Crippen molar-refractivity contribution < 1.29 is 14.0 Å². The third-order valence-corrected chi connectivity index (χ3v) is 2.07.